The molecule has 19 heteroatoms. The van der Waals surface area contributed by atoms with Crippen LogP contribution in [-0.4, -0.2) is 96.7 Å². The van der Waals surface area contributed by atoms with Crippen LogP contribution in [0.25, 0.3) is 0 Å². The third-order valence-corrected chi connectivity index (χ3v) is 20.6. The van der Waals surface area contributed by atoms with Gasteiger partial charge in [0.15, 0.2) is 12.2 Å². The monoisotopic (exact) mass is 1460 g/mol. The number of esters is 4. The van der Waals surface area contributed by atoms with Crippen molar-refractivity contribution in [2.24, 2.45) is 11.8 Å². The molecule has 0 radical (unpaired) electrons. The second kappa shape index (κ2) is 72.1. The topological polar surface area (TPSA) is 237 Å². The summed E-state index contributed by atoms with van der Waals surface area (Å²) in [4.78, 5) is 73.0. The van der Waals surface area contributed by atoms with Gasteiger partial charge in [-0.15, -0.1) is 0 Å². The molecule has 6 atom stereocenters. The van der Waals surface area contributed by atoms with Gasteiger partial charge in [-0.05, 0) is 63.2 Å². The average Bonchev–Trinajstić information content (AvgIpc) is 0.952. The van der Waals surface area contributed by atoms with E-state index in [2.05, 4.69) is 65.8 Å². The van der Waals surface area contributed by atoms with Crippen LogP contribution in [-0.2, 0) is 65.4 Å². The predicted molar refractivity (Wildman–Crippen MR) is 409 cm³/mol. The molecule has 100 heavy (non-hydrogen) atoms. The van der Waals surface area contributed by atoms with Crippen molar-refractivity contribution in [1.29, 1.82) is 0 Å². The molecule has 0 aliphatic rings. The molecule has 0 spiro atoms. The van der Waals surface area contributed by atoms with Gasteiger partial charge in [0.25, 0.3) is 0 Å². The summed E-state index contributed by atoms with van der Waals surface area (Å²) in [7, 11) is -9.93. The van der Waals surface area contributed by atoms with E-state index in [0.717, 1.165) is 115 Å². The summed E-state index contributed by atoms with van der Waals surface area (Å²) in [6.45, 7) is 9.59. The van der Waals surface area contributed by atoms with Crippen LogP contribution in [0.2, 0.25) is 0 Å². The summed E-state index contributed by atoms with van der Waals surface area (Å²) in [6.07, 6.45) is 64.5. The molecule has 0 aliphatic carbocycles. The normalized spacial score (nSPS) is 14.3. The Kier molecular flexibility index (Phi) is 70.3. The predicted octanol–water partition coefficient (Wildman–Crippen LogP) is 23.8. The lowest BCUT2D eigenvalue weighted by Gasteiger charge is -2.21. The number of hydrogen-bond donors (Lipinski definition) is 3. The number of hydrogen-bond acceptors (Lipinski definition) is 15. The minimum Gasteiger partial charge on any atom is -0.462 e. The van der Waals surface area contributed by atoms with E-state index >= 15 is 0 Å². The smallest absolute Gasteiger partial charge is 0.462 e. The van der Waals surface area contributed by atoms with E-state index in [-0.39, 0.29) is 25.7 Å². The van der Waals surface area contributed by atoms with Gasteiger partial charge in [-0.1, -0.05) is 348 Å². The number of unbranched alkanes of at least 4 members (excludes halogenated alkanes) is 44. The highest BCUT2D eigenvalue weighted by atomic mass is 31.2. The van der Waals surface area contributed by atoms with Crippen molar-refractivity contribution >= 4 is 39.5 Å². The maximum absolute atomic E-state index is 13.1. The molecular formula is C81H154O17P2. The summed E-state index contributed by atoms with van der Waals surface area (Å²) in [5.74, 6) is -0.574. The Morgan fingerprint density at radius 3 is 0.900 bits per heavy atom. The fourth-order valence-electron chi connectivity index (χ4n) is 12.0. The van der Waals surface area contributed by atoms with E-state index in [1.54, 1.807) is 0 Å². The van der Waals surface area contributed by atoms with E-state index in [1.165, 1.54) is 205 Å². The first-order valence-electron chi connectivity index (χ1n) is 41.3. The summed E-state index contributed by atoms with van der Waals surface area (Å²) >= 11 is 0. The van der Waals surface area contributed by atoms with Crippen LogP contribution in [0.15, 0.2) is 24.3 Å². The molecule has 17 nitrogen and oxygen atoms in total. The minimum absolute atomic E-state index is 0.0847. The van der Waals surface area contributed by atoms with Gasteiger partial charge in [0.1, 0.15) is 19.3 Å². The molecule has 0 saturated heterocycles. The minimum atomic E-state index is -4.97. The second-order valence-corrected chi connectivity index (χ2v) is 32.1. The first kappa shape index (κ1) is 97.5. The largest absolute Gasteiger partial charge is 0.472 e. The highest BCUT2D eigenvalue weighted by Gasteiger charge is 2.30. The van der Waals surface area contributed by atoms with E-state index in [4.69, 9.17) is 37.0 Å². The van der Waals surface area contributed by atoms with Crippen molar-refractivity contribution in [2.45, 2.75) is 419 Å². The zero-order chi connectivity index (χ0) is 73.5. The van der Waals surface area contributed by atoms with Gasteiger partial charge in [0.05, 0.1) is 26.4 Å². The lowest BCUT2D eigenvalue weighted by Crippen LogP contribution is -2.30. The van der Waals surface area contributed by atoms with Crippen molar-refractivity contribution in [3.05, 3.63) is 24.3 Å². The Bertz CT molecular complexity index is 2020. The Balaban J connectivity index is 5.30. The molecule has 0 heterocycles. The number of carbonyl (C=O) groups is 4. The van der Waals surface area contributed by atoms with Crippen molar-refractivity contribution < 1.29 is 80.2 Å². The number of rotatable bonds is 78. The van der Waals surface area contributed by atoms with E-state index in [9.17, 15) is 43.2 Å². The molecule has 3 unspecified atom stereocenters. The average molecular weight is 1460 g/mol. The highest BCUT2D eigenvalue weighted by Crippen LogP contribution is 2.45. The SMILES string of the molecule is CCCCCC/C=C\C=C/CCCCCCCC(=O)O[C@H](COC(=O)CCCCCCCCCCC(C)CC)COP(=O)(O)OC[C@H](O)COP(=O)(O)OC[C@@H](COC(=O)CCCCCCCCCCCCCCCC(C)C)OC(=O)CCCCCCCCCCCCCCCCCCC. The van der Waals surface area contributed by atoms with E-state index in [1.807, 2.05) is 0 Å². The van der Waals surface area contributed by atoms with Crippen LogP contribution in [0.4, 0.5) is 0 Å². The van der Waals surface area contributed by atoms with Crippen LogP contribution in [0.5, 0.6) is 0 Å². The first-order chi connectivity index (χ1) is 48.4. The summed E-state index contributed by atoms with van der Waals surface area (Å²) in [5.41, 5.74) is 0. The first-order valence-corrected chi connectivity index (χ1v) is 44.3. The molecule has 590 valence electrons. The van der Waals surface area contributed by atoms with Gasteiger partial charge < -0.3 is 33.8 Å². The summed E-state index contributed by atoms with van der Waals surface area (Å²) < 4.78 is 68.7. The Morgan fingerprint density at radius 2 is 0.590 bits per heavy atom. The molecular weight excluding hydrogens is 1310 g/mol. The second-order valence-electron chi connectivity index (χ2n) is 29.2. The molecule has 0 aromatic rings. The van der Waals surface area contributed by atoms with Gasteiger partial charge in [-0.3, -0.25) is 37.3 Å². The summed E-state index contributed by atoms with van der Waals surface area (Å²) in [6, 6.07) is 0. The van der Waals surface area contributed by atoms with Crippen LogP contribution in [0.1, 0.15) is 401 Å². The fraction of sp³-hybridized carbons (Fsp3) is 0.901. The number of carbonyl (C=O) groups excluding carboxylic acids is 4. The zero-order valence-corrected chi connectivity index (χ0v) is 66.8. The Hall–Kier alpha value is -2.46. The van der Waals surface area contributed by atoms with Crippen molar-refractivity contribution in [3.8, 4) is 0 Å². The zero-order valence-electron chi connectivity index (χ0n) is 65.0. The third-order valence-electron chi connectivity index (χ3n) is 18.7. The highest BCUT2D eigenvalue weighted by molar-refractivity contribution is 7.47. The molecule has 3 N–H and O–H groups in total. The molecule has 0 aromatic heterocycles. The standard InChI is InChI=1S/C81H154O17P2/c1-7-10-12-14-16-18-20-22-24-25-27-31-36-40-48-54-60-66-80(85)97-76(69-91-78(83)63-57-51-45-38-34-32-28-29-33-37-43-49-55-61-73(4)5)71-95-99(87,88)93-67-75(82)68-94-100(89,90)96-72-77(70-92-79(84)64-58-52-46-42-41-44-50-56-62-74(6)9-3)98-81(86)65-59-53-47-39-35-30-26-23-21-19-17-15-13-11-8-2/h19,21,23,26,73-77,82H,7-18,20,22,24-25,27-72H2,1-6H3,(H,87,88)(H,89,90)/b21-19-,26-23-/t74?,75-,76-,77-/m1/s1. The Morgan fingerprint density at radius 1 is 0.330 bits per heavy atom. The molecule has 0 aromatic carbocycles. The fourth-order valence-corrected chi connectivity index (χ4v) is 13.5. The van der Waals surface area contributed by atoms with Gasteiger partial charge in [0.2, 0.25) is 0 Å². The molecule has 0 amide bonds. The molecule has 0 saturated carbocycles. The van der Waals surface area contributed by atoms with Crippen LogP contribution < -0.4 is 0 Å². The van der Waals surface area contributed by atoms with Crippen molar-refractivity contribution in [2.75, 3.05) is 39.6 Å². The van der Waals surface area contributed by atoms with Crippen LogP contribution in [0.3, 0.4) is 0 Å². The van der Waals surface area contributed by atoms with Crippen LogP contribution in [0, 0.1) is 11.8 Å². The van der Waals surface area contributed by atoms with Gasteiger partial charge in [0, 0.05) is 25.7 Å². The molecule has 0 aliphatic heterocycles. The number of phosphoric acid groups is 2. The Labute approximate surface area is 612 Å². The maximum Gasteiger partial charge on any atom is 0.472 e. The third kappa shape index (κ3) is 72.5. The quantitative estimate of drug-likeness (QED) is 0.0169. The maximum atomic E-state index is 13.1. The molecule has 0 rings (SSSR count). The van der Waals surface area contributed by atoms with Crippen molar-refractivity contribution in [1.82, 2.24) is 0 Å². The van der Waals surface area contributed by atoms with E-state index < -0.39 is 97.5 Å². The summed E-state index contributed by atoms with van der Waals surface area (Å²) in [5, 5.41) is 10.6. The van der Waals surface area contributed by atoms with Crippen molar-refractivity contribution in [3.63, 3.8) is 0 Å². The van der Waals surface area contributed by atoms with E-state index in [0.29, 0.717) is 25.7 Å². The number of ether oxygens (including phenoxy) is 4. The van der Waals surface area contributed by atoms with Crippen LogP contribution >= 0.6 is 15.6 Å². The number of phosphoric ester groups is 2. The molecule has 0 bridgehead atoms. The number of aliphatic hydroxyl groups excluding tert-OH is 1. The van der Waals surface area contributed by atoms with Gasteiger partial charge >= 0.3 is 39.5 Å². The number of aliphatic hydroxyl groups is 1. The number of allylic oxidation sites excluding steroid dienone is 4. The van der Waals surface area contributed by atoms with Gasteiger partial charge in [-0.25, -0.2) is 9.13 Å². The van der Waals surface area contributed by atoms with Gasteiger partial charge in [-0.2, -0.15) is 0 Å². The lowest BCUT2D eigenvalue weighted by atomic mass is 9.99. The molecule has 0 fully saturated rings. The lowest BCUT2D eigenvalue weighted by molar-refractivity contribution is -0.161.